The molecule has 6 aromatic rings. The average Bonchev–Trinajstić information content (AvgIpc) is 3.84. The van der Waals surface area contributed by atoms with Crippen LogP contribution in [0.25, 0.3) is 11.2 Å². The predicted octanol–water partition coefficient (Wildman–Crippen LogP) is 9.13. The number of nitrogens with one attached hydrogen (secondary N) is 1. The maximum absolute atomic E-state index is 15.1. The van der Waals surface area contributed by atoms with Gasteiger partial charge in [0.1, 0.15) is 29.5 Å². The first-order valence-corrected chi connectivity index (χ1v) is 22.5. The Kier molecular flexibility index (Phi) is 12.6. The third kappa shape index (κ3) is 7.85. The third-order valence-corrected chi connectivity index (χ3v) is 17.8. The Morgan fingerprint density at radius 3 is 1.82 bits per heavy atom. The molecule has 3 heterocycles. The monoisotopic (exact) mass is 827 g/mol. The van der Waals surface area contributed by atoms with Crippen molar-refractivity contribution < 1.29 is 33.0 Å². The molecule has 0 saturated carbocycles. The van der Waals surface area contributed by atoms with Crippen molar-refractivity contribution in [1.29, 1.82) is 0 Å². The molecule has 13 heteroatoms. The van der Waals surface area contributed by atoms with Crippen LogP contribution in [-0.2, 0) is 24.3 Å². The van der Waals surface area contributed by atoms with E-state index in [2.05, 4.69) is 61.8 Å². The zero-order valence-corrected chi connectivity index (χ0v) is 36.4. The lowest BCUT2D eigenvalue weighted by molar-refractivity contribution is -0.131. The number of methoxy groups -OCH3 is 2. The van der Waals surface area contributed by atoms with Gasteiger partial charge in [-0.2, -0.15) is 0 Å². The van der Waals surface area contributed by atoms with Crippen LogP contribution >= 0.6 is 0 Å². The first-order valence-electron chi connectivity index (χ1n) is 20.3. The van der Waals surface area contributed by atoms with E-state index in [-0.39, 0.29) is 40.7 Å². The van der Waals surface area contributed by atoms with Crippen molar-refractivity contribution in [3.63, 3.8) is 0 Å². The van der Waals surface area contributed by atoms with Crippen molar-refractivity contribution in [2.45, 2.75) is 82.2 Å². The molecule has 12 nitrogen and oxygen atoms in total. The molecule has 1 amide bonds. The van der Waals surface area contributed by atoms with Crippen LogP contribution in [0.15, 0.2) is 122 Å². The number of hydrogen-bond donors (Lipinski definition) is 1. The molecule has 0 unspecified atom stereocenters. The van der Waals surface area contributed by atoms with Crippen LogP contribution in [0, 0.1) is 0 Å². The van der Waals surface area contributed by atoms with Gasteiger partial charge in [-0.1, -0.05) is 114 Å². The van der Waals surface area contributed by atoms with Crippen LogP contribution in [0.4, 0.5) is 5.82 Å². The summed E-state index contributed by atoms with van der Waals surface area (Å²) in [5, 5.41) is 2.88. The van der Waals surface area contributed by atoms with Crippen molar-refractivity contribution in [3.05, 3.63) is 144 Å². The highest BCUT2D eigenvalue weighted by Crippen LogP contribution is 2.47. The number of rotatable bonds is 16. The molecule has 0 bridgehead atoms. The van der Waals surface area contributed by atoms with Crippen LogP contribution in [0.1, 0.15) is 74.8 Å². The largest absolute Gasteiger partial charge is 0.497 e. The third-order valence-electron chi connectivity index (χ3n) is 11.7. The number of anilines is 1. The number of Topliss-reactive ketones (excluding diaryl/α,β-unsaturated/α-hetero) is 1. The zero-order valence-electron chi connectivity index (χ0n) is 35.4. The van der Waals surface area contributed by atoms with Crippen molar-refractivity contribution in [3.8, 4) is 11.5 Å². The van der Waals surface area contributed by atoms with E-state index >= 15 is 4.79 Å². The Morgan fingerprint density at radius 1 is 0.750 bits per heavy atom. The Hall–Kier alpha value is -5.73. The van der Waals surface area contributed by atoms with Gasteiger partial charge in [0.15, 0.2) is 35.1 Å². The summed E-state index contributed by atoms with van der Waals surface area (Å²) in [6.45, 7) is 13.0. The summed E-state index contributed by atoms with van der Waals surface area (Å²) in [6.07, 6.45) is -0.0854. The molecule has 1 aliphatic rings. The quantitative estimate of drug-likeness (QED) is 0.0744. The number of imidazole rings is 1. The lowest BCUT2D eigenvalue weighted by Crippen LogP contribution is -2.52. The van der Waals surface area contributed by atoms with Crippen LogP contribution in [0.5, 0.6) is 11.5 Å². The van der Waals surface area contributed by atoms with Gasteiger partial charge in [0.25, 0.3) is 5.91 Å². The maximum Gasteiger partial charge on any atom is 0.256 e. The molecule has 312 valence electrons. The normalized spacial score (nSPS) is 17.2. The molecule has 0 aliphatic carbocycles. The smallest absolute Gasteiger partial charge is 0.256 e. The summed E-state index contributed by atoms with van der Waals surface area (Å²) in [7, 11) is 0.577. The number of benzene rings is 4. The zero-order chi connectivity index (χ0) is 42.6. The Labute approximate surface area is 352 Å². The van der Waals surface area contributed by atoms with Crippen molar-refractivity contribution in [2.24, 2.45) is 0 Å². The molecule has 7 rings (SSSR count). The summed E-state index contributed by atoms with van der Waals surface area (Å²) < 4.78 is 34.2. The van der Waals surface area contributed by atoms with Gasteiger partial charge in [-0.15, -0.1) is 0 Å². The van der Waals surface area contributed by atoms with E-state index in [9.17, 15) is 4.79 Å². The SMILES string of the molecule is COc1ccc(C(OC[C@H]2O[C@@H](n3cnc4c(NC(=O)c5ccccc5)ncnc43)[C@H](O[Si](C(C)C)(C(C)C)C(C)C)C2=O)(c2ccccc2)c2ccc(OC)cc2)cc1. The van der Waals surface area contributed by atoms with Crippen LogP contribution in [-0.4, -0.2) is 72.6 Å². The van der Waals surface area contributed by atoms with E-state index in [1.807, 2.05) is 84.9 Å². The summed E-state index contributed by atoms with van der Waals surface area (Å²) in [4.78, 5) is 41.9. The molecule has 2 aromatic heterocycles. The van der Waals surface area contributed by atoms with Gasteiger partial charge in [0.2, 0.25) is 8.32 Å². The standard InChI is InChI=1S/C47H53N5O7Si/c1-30(2)60(31(3)4,32(5)6)59-42-41(53)39(58-46(42)52-29-50-40-43(48-28-49-44(40)52)51-45(54)33-15-11-9-12-16-33)27-57-47(34-17-13-10-14-18-34,35-19-23-37(55-7)24-20-35)36-21-25-38(56-8)26-22-36/h9-26,28-32,39,42,46H,27H2,1-8H3,(H,48,49,51,54)/t39-,42-,46-/m1/s1. The van der Waals surface area contributed by atoms with E-state index in [1.165, 1.54) is 6.33 Å². The number of nitrogens with zero attached hydrogens (tertiary/aromatic N) is 4. The Balaban J connectivity index is 1.31. The molecule has 0 radical (unpaired) electrons. The number of amides is 1. The molecule has 60 heavy (non-hydrogen) atoms. The molecule has 3 atom stereocenters. The van der Waals surface area contributed by atoms with E-state index in [4.69, 9.17) is 23.4 Å². The number of hydrogen-bond acceptors (Lipinski definition) is 10. The fourth-order valence-corrected chi connectivity index (χ4v) is 14.4. The molecular weight excluding hydrogens is 775 g/mol. The van der Waals surface area contributed by atoms with Gasteiger partial charge < -0.3 is 28.7 Å². The van der Waals surface area contributed by atoms with Crippen LogP contribution in [0.2, 0.25) is 16.6 Å². The summed E-state index contributed by atoms with van der Waals surface area (Å²) in [5.41, 5.74) is 3.04. The molecule has 1 saturated heterocycles. The van der Waals surface area contributed by atoms with Crippen molar-refractivity contribution in [2.75, 3.05) is 26.1 Å². The Morgan fingerprint density at radius 2 is 1.28 bits per heavy atom. The number of fused-ring (bicyclic) bond motifs is 1. The van der Waals surface area contributed by atoms with Gasteiger partial charge in [0, 0.05) is 5.56 Å². The second kappa shape index (κ2) is 17.9. The minimum atomic E-state index is -2.68. The topological polar surface area (TPSA) is 136 Å². The highest BCUT2D eigenvalue weighted by atomic mass is 28.4. The average molecular weight is 828 g/mol. The number of ketones is 1. The van der Waals surface area contributed by atoms with E-state index < -0.39 is 32.4 Å². The van der Waals surface area contributed by atoms with Crippen LogP contribution in [0.3, 0.4) is 0 Å². The highest BCUT2D eigenvalue weighted by molar-refractivity contribution is 6.77. The number of carbonyl (C=O) groups is 2. The minimum absolute atomic E-state index is 0.123. The molecule has 1 N–H and O–H groups in total. The van der Waals surface area contributed by atoms with E-state index in [0.717, 1.165) is 16.7 Å². The fraction of sp³-hybridized carbons (Fsp3) is 0.340. The molecular formula is C47H53N5O7Si. The number of aromatic nitrogens is 4. The van der Waals surface area contributed by atoms with E-state index in [1.54, 1.807) is 49.4 Å². The highest BCUT2D eigenvalue weighted by Gasteiger charge is 2.54. The van der Waals surface area contributed by atoms with Gasteiger partial charge in [-0.3, -0.25) is 14.2 Å². The summed E-state index contributed by atoms with van der Waals surface area (Å²) in [6, 6.07) is 34.3. The number of ether oxygens (including phenoxy) is 4. The molecule has 0 spiro atoms. The van der Waals surface area contributed by atoms with Crippen LogP contribution < -0.4 is 14.8 Å². The van der Waals surface area contributed by atoms with Gasteiger partial charge in [-0.25, -0.2) is 15.0 Å². The first kappa shape index (κ1) is 42.4. The van der Waals surface area contributed by atoms with Gasteiger partial charge >= 0.3 is 0 Å². The van der Waals surface area contributed by atoms with Crippen molar-refractivity contribution in [1.82, 2.24) is 19.5 Å². The molecule has 4 aromatic carbocycles. The second-order valence-electron chi connectivity index (χ2n) is 16.0. The second-order valence-corrected chi connectivity index (χ2v) is 21.4. The minimum Gasteiger partial charge on any atom is -0.497 e. The molecule has 1 aliphatic heterocycles. The first-order chi connectivity index (χ1) is 28.9. The lowest BCUT2D eigenvalue weighted by Gasteiger charge is -2.44. The lowest BCUT2D eigenvalue weighted by atomic mass is 9.80. The maximum atomic E-state index is 15.1. The fourth-order valence-electron chi connectivity index (χ4n) is 8.88. The number of carbonyl (C=O) groups excluding carboxylic acids is 2. The van der Waals surface area contributed by atoms with E-state index in [0.29, 0.717) is 28.2 Å². The van der Waals surface area contributed by atoms with Crippen molar-refractivity contribution >= 4 is 37.0 Å². The Bertz CT molecular complexity index is 2320. The van der Waals surface area contributed by atoms with Gasteiger partial charge in [-0.05, 0) is 69.7 Å². The summed E-state index contributed by atoms with van der Waals surface area (Å²) in [5.74, 6) is 1.04. The summed E-state index contributed by atoms with van der Waals surface area (Å²) >= 11 is 0. The predicted molar refractivity (Wildman–Crippen MR) is 233 cm³/mol. The van der Waals surface area contributed by atoms with Gasteiger partial charge in [0.05, 0.1) is 27.2 Å². The molecule has 1 fully saturated rings.